The Bertz CT molecular complexity index is 1540. The molecule has 0 bridgehead atoms. The Morgan fingerprint density at radius 1 is 1.09 bits per heavy atom. The van der Waals surface area contributed by atoms with Crippen molar-refractivity contribution in [3.8, 4) is 11.5 Å². The molecule has 8 nitrogen and oxygen atoms in total. The highest BCUT2D eigenvalue weighted by atomic mass is 28.3. The van der Waals surface area contributed by atoms with E-state index in [0.717, 1.165) is 18.2 Å². The molecule has 2 fully saturated rings. The van der Waals surface area contributed by atoms with Gasteiger partial charge in [-0.25, -0.2) is 18.8 Å². The van der Waals surface area contributed by atoms with E-state index in [4.69, 9.17) is 18.9 Å². The fourth-order valence-corrected chi connectivity index (χ4v) is 6.02. The molecule has 1 aliphatic carbocycles. The lowest BCUT2D eigenvalue weighted by molar-refractivity contribution is -0.160. The number of pyridine rings is 1. The minimum Gasteiger partial charge on any atom is -0.464 e. The zero-order chi connectivity index (χ0) is 30.6. The van der Waals surface area contributed by atoms with Crippen molar-refractivity contribution in [2.75, 3.05) is 38.3 Å². The van der Waals surface area contributed by atoms with Crippen molar-refractivity contribution < 1.29 is 40.9 Å². The predicted molar refractivity (Wildman–Crippen MR) is 152 cm³/mol. The van der Waals surface area contributed by atoms with Crippen LogP contribution < -0.4 is 10.1 Å². The maximum Gasteiger partial charge on any atom is 0.398 e. The topological polar surface area (TPSA) is 79.1 Å². The lowest BCUT2D eigenvalue weighted by Crippen LogP contribution is -2.51. The summed E-state index contributed by atoms with van der Waals surface area (Å²) in [6.45, 7) is 8.95. The molecule has 1 saturated carbocycles. The lowest BCUT2D eigenvalue weighted by Gasteiger charge is -2.41. The van der Waals surface area contributed by atoms with Crippen molar-refractivity contribution in [1.29, 1.82) is 0 Å². The van der Waals surface area contributed by atoms with Gasteiger partial charge >= 0.3 is 6.18 Å². The summed E-state index contributed by atoms with van der Waals surface area (Å²) in [5, 5.41) is 2.81. The third kappa shape index (κ3) is 5.84. The molecule has 0 atom stereocenters. The summed E-state index contributed by atoms with van der Waals surface area (Å²) in [5.41, 5.74) is -2.08. The van der Waals surface area contributed by atoms with E-state index in [1.54, 1.807) is 0 Å². The van der Waals surface area contributed by atoms with E-state index < -0.39 is 37.0 Å². The summed E-state index contributed by atoms with van der Waals surface area (Å²) in [4.78, 5) is 8.61. The molecule has 3 aromatic rings. The van der Waals surface area contributed by atoms with Gasteiger partial charge in [-0.1, -0.05) is 19.6 Å². The van der Waals surface area contributed by atoms with Crippen LogP contribution in [0.1, 0.15) is 18.4 Å². The van der Waals surface area contributed by atoms with Gasteiger partial charge in [-0.15, -0.1) is 0 Å². The van der Waals surface area contributed by atoms with Gasteiger partial charge in [0.25, 0.3) is 6.02 Å². The SMILES string of the molecule is C[Si](C)(C)CCOCn1cc(C2(C(F)(F)F)CC2)c2c(Oc3c(F)cc(NC4=NCC5(COC5)CO4)cc3F)ccnc21. The molecule has 3 aliphatic rings. The van der Waals surface area contributed by atoms with E-state index in [2.05, 4.69) is 34.9 Å². The number of ether oxygens (including phenoxy) is 4. The van der Waals surface area contributed by atoms with E-state index in [0.29, 0.717) is 33.0 Å². The van der Waals surface area contributed by atoms with Gasteiger partial charge in [0.05, 0.1) is 36.0 Å². The molecule has 0 amide bonds. The van der Waals surface area contributed by atoms with Gasteiger partial charge in [-0.2, -0.15) is 13.2 Å². The molecule has 6 rings (SSSR count). The Morgan fingerprint density at radius 3 is 2.37 bits per heavy atom. The number of aliphatic imine (C=N–C) groups is 1. The van der Waals surface area contributed by atoms with Crippen LogP contribution >= 0.6 is 0 Å². The first-order chi connectivity index (χ1) is 20.3. The smallest absolute Gasteiger partial charge is 0.398 e. The Morgan fingerprint density at radius 2 is 1.81 bits per heavy atom. The van der Waals surface area contributed by atoms with Gasteiger partial charge in [-0.05, 0) is 30.5 Å². The van der Waals surface area contributed by atoms with Crippen LogP contribution in [-0.2, 0) is 26.4 Å². The molecule has 1 spiro atoms. The molecule has 1 aromatic carbocycles. The second-order valence-electron chi connectivity index (χ2n) is 12.8. The quantitative estimate of drug-likeness (QED) is 0.160. The number of amidine groups is 1. The van der Waals surface area contributed by atoms with Gasteiger partial charge in [0.2, 0.25) is 0 Å². The van der Waals surface area contributed by atoms with Crippen LogP contribution in [-0.4, -0.2) is 62.8 Å². The Labute approximate surface area is 246 Å². The highest BCUT2D eigenvalue weighted by Gasteiger charge is 2.65. The van der Waals surface area contributed by atoms with E-state index >= 15 is 8.78 Å². The molecule has 14 heteroatoms. The minimum absolute atomic E-state index is 0.0193. The average molecular weight is 625 g/mol. The number of alkyl halides is 3. The molecule has 2 aliphatic heterocycles. The number of nitrogens with zero attached hydrogens (tertiary/aromatic N) is 3. The average Bonchev–Trinajstić information content (AvgIpc) is 3.65. The van der Waals surface area contributed by atoms with Gasteiger partial charge in [0, 0.05) is 44.9 Å². The van der Waals surface area contributed by atoms with Gasteiger partial charge in [0.15, 0.2) is 17.4 Å². The summed E-state index contributed by atoms with van der Waals surface area (Å²) in [7, 11) is -1.39. The fourth-order valence-electron chi connectivity index (χ4n) is 5.26. The number of anilines is 1. The van der Waals surface area contributed by atoms with Crippen LogP contribution in [0.2, 0.25) is 25.7 Å². The van der Waals surface area contributed by atoms with Gasteiger partial charge in [-0.3, -0.25) is 0 Å². The number of aromatic nitrogens is 2. The van der Waals surface area contributed by atoms with Crippen molar-refractivity contribution in [3.05, 3.63) is 47.8 Å². The van der Waals surface area contributed by atoms with Gasteiger partial charge < -0.3 is 28.8 Å². The van der Waals surface area contributed by atoms with Crippen LogP contribution in [0.3, 0.4) is 0 Å². The maximum absolute atomic E-state index is 15.3. The number of fused-ring (bicyclic) bond motifs is 1. The highest BCUT2D eigenvalue weighted by molar-refractivity contribution is 6.76. The number of hydrogen-bond donors (Lipinski definition) is 1. The molecule has 4 heterocycles. The summed E-state index contributed by atoms with van der Waals surface area (Å²) >= 11 is 0. The summed E-state index contributed by atoms with van der Waals surface area (Å²) in [6, 6.07) is 4.34. The Hall–Kier alpha value is -3.23. The van der Waals surface area contributed by atoms with Crippen molar-refractivity contribution in [1.82, 2.24) is 9.55 Å². The first-order valence-corrected chi connectivity index (χ1v) is 17.8. The first kappa shape index (κ1) is 29.8. The molecule has 2 aromatic heterocycles. The predicted octanol–water partition coefficient (Wildman–Crippen LogP) is 6.83. The largest absolute Gasteiger partial charge is 0.464 e. The molecular weight excluding hydrogens is 591 g/mol. The van der Waals surface area contributed by atoms with Crippen molar-refractivity contribution in [2.45, 2.75) is 56.8 Å². The third-order valence-corrected chi connectivity index (χ3v) is 9.81. The number of hydrogen-bond acceptors (Lipinski definition) is 7. The second kappa shape index (κ2) is 10.7. The van der Waals surface area contributed by atoms with E-state index in [9.17, 15) is 13.2 Å². The Kier molecular flexibility index (Phi) is 7.45. The van der Waals surface area contributed by atoms with Crippen molar-refractivity contribution in [2.24, 2.45) is 10.4 Å². The van der Waals surface area contributed by atoms with Gasteiger partial charge in [0.1, 0.15) is 24.7 Å². The minimum atomic E-state index is -4.53. The zero-order valence-electron chi connectivity index (χ0n) is 24.1. The number of rotatable bonds is 9. The summed E-state index contributed by atoms with van der Waals surface area (Å²) in [5.74, 6) is -3.00. The molecule has 0 unspecified atom stereocenters. The molecule has 43 heavy (non-hydrogen) atoms. The molecular formula is C29H33F5N4O4Si. The van der Waals surface area contributed by atoms with Crippen LogP contribution in [0.15, 0.2) is 35.6 Å². The number of nitrogens with one attached hydrogen (secondary N) is 1. The van der Waals surface area contributed by atoms with E-state index in [-0.39, 0.29) is 59.0 Å². The highest BCUT2D eigenvalue weighted by Crippen LogP contribution is 2.61. The first-order valence-electron chi connectivity index (χ1n) is 14.1. The number of halogens is 5. The lowest BCUT2D eigenvalue weighted by atomic mass is 9.87. The third-order valence-electron chi connectivity index (χ3n) is 8.11. The molecule has 0 radical (unpaired) electrons. The molecule has 1 saturated heterocycles. The van der Waals surface area contributed by atoms with Crippen LogP contribution in [0.5, 0.6) is 11.5 Å². The standard InChI is InChI=1S/C29H33F5N4O4Si/c1-43(2,3)9-8-39-17-38-12-19(28(5-6-28)29(32,33)34)23-22(4-7-35-25(23)38)42-24-20(30)10-18(11-21(24)31)37-26-36-13-27(16-41-26)14-40-15-27/h4,7,10-12H,5-6,8-9,13-17H2,1-3H3,(H,36,37). The molecule has 232 valence electrons. The number of benzene rings is 1. The van der Waals surface area contributed by atoms with Crippen LogP contribution in [0, 0.1) is 17.0 Å². The van der Waals surface area contributed by atoms with Crippen molar-refractivity contribution in [3.63, 3.8) is 0 Å². The Balaban J connectivity index is 1.29. The zero-order valence-corrected chi connectivity index (χ0v) is 25.1. The van der Waals surface area contributed by atoms with E-state index in [1.807, 2.05) is 0 Å². The summed E-state index contributed by atoms with van der Waals surface area (Å²) in [6.07, 6.45) is -2.04. The van der Waals surface area contributed by atoms with E-state index in [1.165, 1.54) is 23.0 Å². The summed E-state index contributed by atoms with van der Waals surface area (Å²) < 4.78 is 97.2. The normalized spacial score (nSPS) is 19.1. The van der Waals surface area contributed by atoms with Crippen LogP contribution in [0.4, 0.5) is 27.6 Å². The van der Waals surface area contributed by atoms with Crippen LogP contribution in [0.25, 0.3) is 11.0 Å². The monoisotopic (exact) mass is 624 g/mol. The fraction of sp³-hybridized carbons (Fsp3) is 0.517. The molecule has 1 N–H and O–H groups in total. The van der Waals surface area contributed by atoms with Crippen molar-refractivity contribution >= 4 is 30.8 Å². The maximum atomic E-state index is 15.3. The second-order valence-corrected chi connectivity index (χ2v) is 18.5.